The second-order valence-corrected chi connectivity index (χ2v) is 15.7. The molecule has 6 aromatic rings. The van der Waals surface area contributed by atoms with Crippen LogP contribution in [0, 0.1) is 17.2 Å². The van der Waals surface area contributed by atoms with Crippen molar-refractivity contribution in [1.82, 2.24) is 44.7 Å². The number of nitrogens with zero attached hydrogens (tertiary/aromatic N) is 11. The van der Waals surface area contributed by atoms with Gasteiger partial charge in [-0.2, -0.15) is 5.26 Å². The van der Waals surface area contributed by atoms with Crippen LogP contribution >= 0.6 is 0 Å². The number of hydrogen-bond donors (Lipinski definition) is 2. The van der Waals surface area contributed by atoms with Gasteiger partial charge in [-0.3, -0.25) is 29.5 Å². The number of rotatable bonds is 9. The Balaban J connectivity index is 0.817. The molecule has 1 aliphatic carbocycles. The number of nitrogens with one attached hydrogen (secondary N) is 2. The summed E-state index contributed by atoms with van der Waals surface area (Å²) in [6.07, 6.45) is 15.7. The average molecular weight is 764 g/mol. The Labute approximate surface area is 330 Å². The predicted molar refractivity (Wildman–Crippen MR) is 218 cm³/mol. The van der Waals surface area contributed by atoms with Crippen LogP contribution in [-0.2, 0) is 4.79 Å². The summed E-state index contributed by atoms with van der Waals surface area (Å²) >= 11 is 0. The average Bonchev–Trinajstić information content (AvgIpc) is 3.89. The lowest BCUT2D eigenvalue weighted by atomic mass is 9.85. The summed E-state index contributed by atoms with van der Waals surface area (Å²) in [7, 11) is 0. The summed E-state index contributed by atoms with van der Waals surface area (Å²) in [5.41, 5.74) is 5.74. The Kier molecular flexibility index (Phi) is 9.71. The SMILES string of the molecule is CC(C)Nc1cc(-n2ccc3cc(C#N)cnc32)ncc1-c1cn(C2CCC(CN3CCN(c4cccc5c(N6CCC(=O)NC6=O)cncc45)CC3)CC2)nn1. The predicted octanol–water partition coefficient (Wildman–Crippen LogP) is 5.92. The van der Waals surface area contributed by atoms with Gasteiger partial charge >= 0.3 is 6.03 Å². The van der Waals surface area contributed by atoms with Crippen LogP contribution in [0.4, 0.5) is 21.9 Å². The number of aromatic nitrogens is 7. The third kappa shape index (κ3) is 7.24. The van der Waals surface area contributed by atoms with Gasteiger partial charge in [-0.05, 0) is 63.6 Å². The van der Waals surface area contributed by atoms with Gasteiger partial charge in [-0.25, -0.2) is 19.4 Å². The number of carbonyl (C=O) groups is 2. The van der Waals surface area contributed by atoms with Crippen molar-refractivity contribution in [2.24, 2.45) is 5.92 Å². The summed E-state index contributed by atoms with van der Waals surface area (Å²) in [4.78, 5) is 44.9. The maximum atomic E-state index is 12.6. The zero-order valence-corrected chi connectivity index (χ0v) is 32.2. The van der Waals surface area contributed by atoms with Crippen LogP contribution in [0.1, 0.15) is 57.6 Å². The molecule has 0 spiro atoms. The number of pyridine rings is 3. The Bertz CT molecular complexity index is 2500. The molecular weight excluding hydrogens is 719 g/mol. The molecule has 1 aromatic carbocycles. The third-order valence-corrected chi connectivity index (χ3v) is 11.5. The molecule has 0 radical (unpaired) electrons. The van der Waals surface area contributed by atoms with Crippen molar-refractivity contribution < 1.29 is 9.59 Å². The molecule has 2 aliphatic heterocycles. The molecule has 2 saturated heterocycles. The lowest BCUT2D eigenvalue weighted by Crippen LogP contribution is -2.49. The van der Waals surface area contributed by atoms with Gasteiger partial charge in [0.2, 0.25) is 5.91 Å². The molecule has 5 aromatic heterocycles. The number of nitriles is 1. The van der Waals surface area contributed by atoms with E-state index in [1.165, 1.54) is 0 Å². The molecule has 290 valence electrons. The van der Waals surface area contributed by atoms with Gasteiger partial charge in [0.25, 0.3) is 0 Å². The van der Waals surface area contributed by atoms with Gasteiger partial charge in [-0.15, -0.1) is 5.10 Å². The van der Waals surface area contributed by atoms with Gasteiger partial charge in [0.05, 0.1) is 29.7 Å². The fourth-order valence-corrected chi connectivity index (χ4v) is 8.64. The maximum absolute atomic E-state index is 12.6. The van der Waals surface area contributed by atoms with E-state index in [2.05, 4.69) is 77.6 Å². The minimum absolute atomic E-state index is 0.194. The Hall–Kier alpha value is -6.40. The fraction of sp³-hybridized carbons (Fsp3) is 0.381. The second kappa shape index (κ2) is 15.3. The molecule has 0 atom stereocenters. The number of urea groups is 1. The zero-order chi connectivity index (χ0) is 39.0. The van der Waals surface area contributed by atoms with Crippen molar-refractivity contribution in [3.63, 3.8) is 0 Å². The highest BCUT2D eigenvalue weighted by atomic mass is 16.2. The Morgan fingerprint density at radius 3 is 2.56 bits per heavy atom. The number of fused-ring (bicyclic) bond motifs is 2. The van der Waals surface area contributed by atoms with E-state index >= 15 is 0 Å². The van der Waals surface area contributed by atoms with Gasteiger partial charge in [0, 0.05) is 116 Å². The molecule has 0 unspecified atom stereocenters. The number of piperazine rings is 1. The lowest BCUT2D eigenvalue weighted by Gasteiger charge is -2.39. The summed E-state index contributed by atoms with van der Waals surface area (Å²) < 4.78 is 3.99. The Morgan fingerprint density at radius 1 is 0.930 bits per heavy atom. The van der Waals surface area contributed by atoms with Crippen LogP contribution in [0.15, 0.2) is 73.6 Å². The molecule has 1 saturated carbocycles. The molecule has 9 rings (SSSR count). The number of anilines is 3. The van der Waals surface area contributed by atoms with E-state index in [9.17, 15) is 14.9 Å². The lowest BCUT2D eigenvalue weighted by molar-refractivity contribution is -0.120. The molecule has 3 fully saturated rings. The second-order valence-electron chi connectivity index (χ2n) is 15.7. The highest BCUT2D eigenvalue weighted by molar-refractivity contribution is 6.11. The van der Waals surface area contributed by atoms with Gasteiger partial charge in [0.15, 0.2) is 0 Å². The highest BCUT2D eigenvalue weighted by Crippen LogP contribution is 2.36. The minimum Gasteiger partial charge on any atom is -0.382 e. The minimum atomic E-state index is -0.397. The van der Waals surface area contributed by atoms with Crippen molar-refractivity contribution in [2.75, 3.05) is 54.4 Å². The first-order valence-electron chi connectivity index (χ1n) is 19.8. The van der Waals surface area contributed by atoms with Crippen LogP contribution in [0.3, 0.4) is 0 Å². The van der Waals surface area contributed by atoms with Crippen LogP contribution in [-0.4, -0.2) is 96.7 Å². The van der Waals surface area contributed by atoms with E-state index in [4.69, 9.17) is 4.98 Å². The van der Waals surface area contributed by atoms with Gasteiger partial charge in [-0.1, -0.05) is 17.3 Å². The summed E-state index contributed by atoms with van der Waals surface area (Å²) in [5.74, 6) is 1.13. The van der Waals surface area contributed by atoms with Crippen molar-refractivity contribution in [1.29, 1.82) is 5.26 Å². The molecule has 15 heteroatoms. The molecule has 2 N–H and O–H groups in total. The smallest absolute Gasteiger partial charge is 0.328 e. The first-order valence-corrected chi connectivity index (χ1v) is 19.8. The van der Waals surface area contributed by atoms with E-state index < -0.39 is 6.03 Å². The van der Waals surface area contributed by atoms with E-state index in [-0.39, 0.29) is 18.4 Å². The first-order chi connectivity index (χ1) is 27.8. The molecule has 3 aliphatic rings. The van der Waals surface area contributed by atoms with Crippen molar-refractivity contribution in [3.8, 4) is 23.1 Å². The number of imide groups is 1. The number of carbonyl (C=O) groups excluding carboxylic acids is 2. The Morgan fingerprint density at radius 2 is 1.77 bits per heavy atom. The quantitative estimate of drug-likeness (QED) is 0.180. The third-order valence-electron chi connectivity index (χ3n) is 11.5. The topological polar surface area (TPSA) is 166 Å². The largest absolute Gasteiger partial charge is 0.382 e. The summed E-state index contributed by atoms with van der Waals surface area (Å²) in [6, 6.07) is 14.3. The highest BCUT2D eigenvalue weighted by Gasteiger charge is 2.29. The molecular formula is C42H45N13O2. The standard InChI is InChI=1S/C42H45N13O2/c1-27(2)47-35-19-39(54-12-10-30-18-29(20-43)21-46-41(30)54)45-23-34(35)36-26-55(50-49-36)31-8-6-28(7-9-31)25-51-14-16-52(17-15-51)37-5-3-4-32-33(37)22-44-24-38(32)53-13-11-40(56)48-42(53)57/h3-5,10,12,18-19,21-24,26-28,31H,6-9,11,13-17,25H2,1-2H3,(H,45,47)(H,48,56,57). The van der Waals surface area contributed by atoms with Crippen LogP contribution in [0.2, 0.25) is 0 Å². The van der Waals surface area contributed by atoms with Crippen LogP contribution < -0.4 is 20.4 Å². The number of benzene rings is 1. The fourth-order valence-electron chi connectivity index (χ4n) is 8.64. The first kappa shape index (κ1) is 36.3. The normalized spacial score (nSPS) is 19.3. The van der Waals surface area contributed by atoms with Crippen molar-refractivity contribution in [2.45, 2.75) is 58.0 Å². The molecule has 7 heterocycles. The maximum Gasteiger partial charge on any atom is 0.328 e. The zero-order valence-electron chi connectivity index (χ0n) is 32.2. The summed E-state index contributed by atoms with van der Waals surface area (Å²) in [6.45, 7) is 9.49. The molecule has 3 amide bonds. The number of amides is 3. The van der Waals surface area contributed by atoms with Crippen LogP contribution in [0.25, 0.3) is 38.9 Å². The van der Waals surface area contributed by atoms with E-state index in [0.717, 1.165) is 114 Å². The van der Waals surface area contributed by atoms with E-state index in [1.54, 1.807) is 17.3 Å². The molecule has 0 bridgehead atoms. The van der Waals surface area contributed by atoms with Gasteiger partial charge in [0.1, 0.15) is 23.2 Å². The van der Waals surface area contributed by atoms with Gasteiger partial charge < -0.3 is 10.2 Å². The van der Waals surface area contributed by atoms with E-state index in [0.29, 0.717) is 24.1 Å². The van der Waals surface area contributed by atoms with E-state index in [1.807, 2.05) is 53.5 Å². The number of hydrogen-bond acceptors (Lipinski definition) is 11. The molecule has 57 heavy (non-hydrogen) atoms. The van der Waals surface area contributed by atoms with Crippen LogP contribution in [0.5, 0.6) is 0 Å². The monoisotopic (exact) mass is 763 g/mol. The van der Waals surface area contributed by atoms with Crippen molar-refractivity contribution >= 4 is 50.8 Å². The molecule has 15 nitrogen and oxygen atoms in total. The summed E-state index contributed by atoms with van der Waals surface area (Å²) in [5, 5.41) is 27.4. The van der Waals surface area contributed by atoms with Crippen molar-refractivity contribution in [3.05, 3.63) is 79.1 Å².